The fourth-order valence-electron chi connectivity index (χ4n) is 4.41. The molecule has 1 atom stereocenters. The van der Waals surface area contributed by atoms with Gasteiger partial charge in [0, 0.05) is 5.69 Å². The third-order valence-electron chi connectivity index (χ3n) is 6.04. The van der Waals surface area contributed by atoms with E-state index >= 15 is 0 Å². The highest BCUT2D eigenvalue weighted by Crippen LogP contribution is 2.32. The van der Waals surface area contributed by atoms with Gasteiger partial charge in [0.15, 0.2) is 21.2 Å². The predicted octanol–water partition coefficient (Wildman–Crippen LogP) is 4.23. The molecule has 5 rings (SSSR count). The Hall–Kier alpha value is -3.46. The van der Waals surface area contributed by atoms with Crippen molar-refractivity contribution >= 4 is 32.5 Å². The maximum absolute atomic E-state index is 13.5. The van der Waals surface area contributed by atoms with Crippen LogP contribution in [0, 0.1) is 20.8 Å². The molecule has 1 aromatic carbocycles. The van der Waals surface area contributed by atoms with Gasteiger partial charge in [0.2, 0.25) is 0 Å². The lowest BCUT2D eigenvalue weighted by atomic mass is 10.1. The van der Waals surface area contributed by atoms with E-state index in [0.717, 1.165) is 16.8 Å². The fraction of sp³-hybridized carbons (Fsp3) is 0.292. The van der Waals surface area contributed by atoms with Gasteiger partial charge in [0.05, 0.1) is 40.5 Å². The normalized spacial score (nSPS) is 17.5. The van der Waals surface area contributed by atoms with Crippen LogP contribution in [0.2, 0.25) is 0 Å². The molecule has 1 aliphatic heterocycles. The summed E-state index contributed by atoms with van der Waals surface area (Å²) in [5, 5.41) is 8.23. The summed E-state index contributed by atoms with van der Waals surface area (Å²) in [6.45, 7) is 5.76. The van der Waals surface area contributed by atoms with E-state index < -0.39 is 9.84 Å². The lowest BCUT2D eigenvalue weighted by Gasteiger charge is -2.12. The third-order valence-corrected chi connectivity index (χ3v) is 7.79. The number of sulfone groups is 1. The highest BCUT2D eigenvalue weighted by atomic mass is 32.2. The molecule has 9 heteroatoms. The molecule has 0 bridgehead atoms. The van der Waals surface area contributed by atoms with Crippen LogP contribution in [-0.4, -0.2) is 40.6 Å². The van der Waals surface area contributed by atoms with Crippen molar-refractivity contribution in [3.05, 3.63) is 65.0 Å². The first kappa shape index (κ1) is 21.4. The average molecular weight is 465 g/mol. The molecule has 1 aliphatic rings. The van der Waals surface area contributed by atoms with E-state index in [2.05, 4.69) is 10.4 Å². The predicted molar refractivity (Wildman–Crippen MR) is 126 cm³/mol. The number of nitrogens with one attached hydrogen (secondary N) is 1. The van der Waals surface area contributed by atoms with Crippen molar-refractivity contribution in [3.8, 4) is 11.5 Å². The number of pyridine rings is 1. The molecule has 1 fully saturated rings. The number of carbonyl (C=O) groups is 1. The molecule has 8 nitrogen and oxygen atoms in total. The summed E-state index contributed by atoms with van der Waals surface area (Å²) in [6.07, 6.45) is 2.01. The first-order valence-corrected chi connectivity index (χ1v) is 12.6. The molecule has 4 heterocycles. The van der Waals surface area contributed by atoms with Crippen molar-refractivity contribution in [1.29, 1.82) is 0 Å². The Kier molecular flexibility index (Phi) is 5.08. The Morgan fingerprint density at radius 2 is 2.00 bits per heavy atom. The molecule has 33 heavy (non-hydrogen) atoms. The van der Waals surface area contributed by atoms with Crippen molar-refractivity contribution in [3.63, 3.8) is 0 Å². The molecule has 4 aromatic rings. The molecule has 0 radical (unpaired) electrons. The minimum absolute atomic E-state index is 0.0139. The van der Waals surface area contributed by atoms with Crippen LogP contribution >= 0.6 is 0 Å². The molecule has 1 amide bonds. The summed E-state index contributed by atoms with van der Waals surface area (Å²) in [5.41, 5.74) is 4.80. The van der Waals surface area contributed by atoms with E-state index in [-0.39, 0.29) is 23.5 Å². The number of anilines is 1. The molecule has 1 saturated heterocycles. The topological polar surface area (TPSA) is 107 Å². The first-order valence-electron chi connectivity index (χ1n) is 10.7. The maximum Gasteiger partial charge on any atom is 0.256 e. The van der Waals surface area contributed by atoms with Gasteiger partial charge in [0.25, 0.3) is 5.91 Å². The molecule has 0 saturated carbocycles. The van der Waals surface area contributed by atoms with Crippen LogP contribution < -0.4 is 5.32 Å². The Morgan fingerprint density at radius 3 is 2.67 bits per heavy atom. The molecular weight excluding hydrogens is 440 g/mol. The van der Waals surface area contributed by atoms with Crippen LogP contribution in [0.3, 0.4) is 0 Å². The number of furan rings is 1. The molecule has 1 unspecified atom stereocenters. The summed E-state index contributed by atoms with van der Waals surface area (Å²) in [4.78, 5) is 18.2. The fourth-order valence-corrected chi connectivity index (χ4v) is 6.10. The molecule has 0 spiro atoms. The number of hydrogen-bond acceptors (Lipinski definition) is 6. The van der Waals surface area contributed by atoms with Gasteiger partial charge in [-0.1, -0.05) is 17.7 Å². The van der Waals surface area contributed by atoms with E-state index in [4.69, 9.17) is 9.40 Å². The number of aromatic nitrogens is 3. The van der Waals surface area contributed by atoms with Gasteiger partial charge < -0.3 is 9.73 Å². The second-order valence-corrected chi connectivity index (χ2v) is 10.8. The zero-order valence-electron chi connectivity index (χ0n) is 18.6. The minimum Gasteiger partial charge on any atom is -0.463 e. The molecule has 1 N–H and O–H groups in total. The van der Waals surface area contributed by atoms with Crippen LogP contribution in [0.4, 0.5) is 5.69 Å². The smallest absolute Gasteiger partial charge is 0.256 e. The van der Waals surface area contributed by atoms with E-state index in [1.54, 1.807) is 29.1 Å². The van der Waals surface area contributed by atoms with E-state index in [0.29, 0.717) is 40.2 Å². The van der Waals surface area contributed by atoms with E-state index in [1.165, 1.54) is 0 Å². The summed E-state index contributed by atoms with van der Waals surface area (Å²) in [7, 11) is -3.12. The number of benzene rings is 1. The first-order chi connectivity index (χ1) is 15.7. The number of hydrogen-bond donors (Lipinski definition) is 1. The Morgan fingerprint density at radius 1 is 1.18 bits per heavy atom. The van der Waals surface area contributed by atoms with Crippen molar-refractivity contribution in [2.75, 3.05) is 16.8 Å². The summed E-state index contributed by atoms with van der Waals surface area (Å²) >= 11 is 0. The molecule has 0 aliphatic carbocycles. The number of fused-ring (bicyclic) bond motifs is 1. The summed E-state index contributed by atoms with van der Waals surface area (Å²) < 4.78 is 31.4. The SMILES string of the molecule is Cc1ccc(NC(=O)c2cc(-c3ccco3)nc3c2c(C)nn3C2CCS(=O)(=O)C2)c(C)c1. The second-order valence-electron chi connectivity index (χ2n) is 8.59. The van der Waals surface area contributed by atoms with Gasteiger partial charge >= 0.3 is 0 Å². The second kappa shape index (κ2) is 7.84. The highest BCUT2D eigenvalue weighted by Gasteiger charge is 2.32. The van der Waals surface area contributed by atoms with Gasteiger partial charge in [-0.05, 0) is 57.0 Å². The lowest BCUT2D eigenvalue weighted by molar-refractivity contribution is 0.102. The number of carbonyl (C=O) groups excluding carboxylic acids is 1. The zero-order chi connectivity index (χ0) is 23.3. The van der Waals surface area contributed by atoms with E-state index in [1.807, 2.05) is 39.0 Å². The van der Waals surface area contributed by atoms with Gasteiger partial charge in [0.1, 0.15) is 5.69 Å². The van der Waals surface area contributed by atoms with Crippen molar-refractivity contribution in [1.82, 2.24) is 14.8 Å². The quantitative estimate of drug-likeness (QED) is 0.484. The van der Waals surface area contributed by atoms with Crippen LogP contribution in [-0.2, 0) is 9.84 Å². The average Bonchev–Trinajstić information content (AvgIpc) is 3.49. The van der Waals surface area contributed by atoms with E-state index in [9.17, 15) is 13.2 Å². The largest absolute Gasteiger partial charge is 0.463 e. The molecule has 3 aromatic heterocycles. The molecule has 170 valence electrons. The number of rotatable bonds is 4. The monoisotopic (exact) mass is 464 g/mol. The zero-order valence-corrected chi connectivity index (χ0v) is 19.4. The lowest BCUT2D eigenvalue weighted by Crippen LogP contribution is -2.15. The minimum atomic E-state index is -3.12. The van der Waals surface area contributed by atoms with Gasteiger partial charge in [-0.25, -0.2) is 18.1 Å². The number of nitrogens with zero attached hydrogens (tertiary/aromatic N) is 3. The van der Waals surface area contributed by atoms with Crippen LogP contribution in [0.25, 0.3) is 22.5 Å². The van der Waals surface area contributed by atoms with Crippen LogP contribution in [0.5, 0.6) is 0 Å². The summed E-state index contributed by atoms with van der Waals surface area (Å²) in [5.74, 6) is 0.362. The molecular formula is C24H24N4O4S. The van der Waals surface area contributed by atoms with Crippen molar-refractivity contribution < 1.29 is 17.6 Å². The van der Waals surface area contributed by atoms with Crippen LogP contribution in [0.1, 0.15) is 39.6 Å². The Balaban J connectivity index is 1.66. The number of amides is 1. The third kappa shape index (κ3) is 3.93. The standard InChI is InChI=1S/C24H24N4O4S/c1-14-6-7-19(15(2)11-14)26-24(29)18-12-20(21-5-4-9-32-21)25-23-22(18)16(3)27-28(23)17-8-10-33(30,31)13-17/h4-7,9,11-12,17H,8,10,13H2,1-3H3,(H,26,29). The van der Waals surface area contributed by atoms with Gasteiger partial charge in [-0.3, -0.25) is 4.79 Å². The van der Waals surface area contributed by atoms with Crippen molar-refractivity contribution in [2.24, 2.45) is 0 Å². The maximum atomic E-state index is 13.5. The highest BCUT2D eigenvalue weighted by molar-refractivity contribution is 7.91. The Bertz CT molecular complexity index is 1490. The summed E-state index contributed by atoms with van der Waals surface area (Å²) in [6, 6.07) is 10.7. The Labute approximate surface area is 191 Å². The van der Waals surface area contributed by atoms with Crippen molar-refractivity contribution in [2.45, 2.75) is 33.2 Å². The van der Waals surface area contributed by atoms with Gasteiger partial charge in [-0.15, -0.1) is 0 Å². The van der Waals surface area contributed by atoms with Gasteiger partial charge in [-0.2, -0.15) is 5.10 Å². The number of aryl methyl sites for hydroxylation is 3. The van der Waals surface area contributed by atoms with Crippen LogP contribution in [0.15, 0.2) is 47.1 Å².